The first-order valence-corrected chi connectivity index (χ1v) is 10.5. The molecule has 2 aliphatic heterocycles. The van der Waals surface area contributed by atoms with E-state index < -0.39 is 0 Å². The number of nitrogens with zero attached hydrogens (tertiary/aromatic N) is 1. The molecule has 0 radical (unpaired) electrons. The Morgan fingerprint density at radius 3 is 2.71 bits per heavy atom. The first kappa shape index (κ1) is 19.0. The first-order valence-electron chi connectivity index (χ1n) is 9.32. The second kappa shape index (κ2) is 7.97. The van der Waals surface area contributed by atoms with Gasteiger partial charge in [-0.3, -0.25) is 4.79 Å². The number of carbonyl (C=O) groups is 1. The van der Waals surface area contributed by atoms with Gasteiger partial charge in [-0.25, -0.2) is 0 Å². The molecule has 4 rings (SSSR count). The molecule has 0 spiro atoms. The first-order chi connectivity index (χ1) is 13.5. The Bertz CT molecular complexity index is 964. The Labute approximate surface area is 175 Å². The number of carbonyl (C=O) groups excluding carboxylic acids is 1. The van der Waals surface area contributed by atoms with E-state index in [1.807, 2.05) is 18.2 Å². The highest BCUT2D eigenvalue weighted by atomic mass is 32.2. The van der Waals surface area contributed by atoms with Crippen molar-refractivity contribution in [3.63, 3.8) is 0 Å². The number of anilines is 1. The summed E-state index contributed by atoms with van der Waals surface area (Å²) < 4.78 is 6.46. The van der Waals surface area contributed by atoms with Crippen LogP contribution in [-0.2, 0) is 11.3 Å². The molecule has 4 nitrogen and oxygen atoms in total. The maximum atomic E-state index is 12.0. The zero-order valence-corrected chi connectivity index (χ0v) is 17.6. The lowest BCUT2D eigenvalue weighted by Crippen LogP contribution is -2.23. The summed E-state index contributed by atoms with van der Waals surface area (Å²) in [5, 5.41) is 2.66. The molecule has 2 heterocycles. The van der Waals surface area contributed by atoms with E-state index in [0.29, 0.717) is 15.8 Å². The van der Waals surface area contributed by atoms with Gasteiger partial charge in [-0.15, -0.1) is 0 Å². The lowest BCUT2D eigenvalue weighted by molar-refractivity contribution is -0.115. The number of thioether (sulfide) groups is 1. The smallest absolute Gasteiger partial charge is 0.263 e. The molecule has 1 N–H and O–H groups in total. The van der Waals surface area contributed by atoms with Crippen LogP contribution in [0.2, 0.25) is 0 Å². The van der Waals surface area contributed by atoms with Crippen LogP contribution >= 0.6 is 24.0 Å². The Morgan fingerprint density at radius 1 is 1.21 bits per heavy atom. The SMILES string of the molecule is Cc1cc(C)cc(CN2CCCOc3ccc(/C=C4\SC(=S)NC4=O)cc32)c1. The van der Waals surface area contributed by atoms with Crippen LogP contribution in [0.3, 0.4) is 0 Å². The fraction of sp³-hybridized carbons (Fsp3) is 0.273. The second-order valence-corrected chi connectivity index (χ2v) is 8.92. The molecule has 28 heavy (non-hydrogen) atoms. The van der Waals surface area contributed by atoms with Crippen LogP contribution in [-0.4, -0.2) is 23.4 Å². The molecule has 0 bridgehead atoms. The van der Waals surface area contributed by atoms with E-state index in [0.717, 1.165) is 36.5 Å². The van der Waals surface area contributed by atoms with E-state index in [1.165, 1.54) is 28.5 Å². The molecule has 0 saturated carbocycles. The number of aryl methyl sites for hydroxylation is 2. The molecule has 1 saturated heterocycles. The summed E-state index contributed by atoms with van der Waals surface area (Å²) in [6.45, 7) is 6.74. The third-order valence-electron chi connectivity index (χ3n) is 4.75. The van der Waals surface area contributed by atoms with E-state index in [-0.39, 0.29) is 5.91 Å². The Hall–Kier alpha value is -2.31. The van der Waals surface area contributed by atoms with Gasteiger partial charge >= 0.3 is 0 Å². The summed E-state index contributed by atoms with van der Waals surface area (Å²) in [5.41, 5.74) is 5.89. The molecule has 2 aromatic carbocycles. The molecular formula is C22H22N2O2S2. The summed E-state index contributed by atoms with van der Waals surface area (Å²) >= 11 is 6.38. The van der Waals surface area contributed by atoms with Crippen LogP contribution in [0.5, 0.6) is 5.75 Å². The van der Waals surface area contributed by atoms with Crippen molar-refractivity contribution in [1.29, 1.82) is 0 Å². The van der Waals surface area contributed by atoms with E-state index in [1.54, 1.807) is 0 Å². The van der Waals surface area contributed by atoms with Crippen molar-refractivity contribution in [2.24, 2.45) is 0 Å². The Kier molecular flexibility index (Phi) is 5.42. The lowest BCUT2D eigenvalue weighted by Gasteiger charge is -2.25. The molecule has 0 atom stereocenters. The van der Waals surface area contributed by atoms with Gasteiger partial charge in [0.2, 0.25) is 0 Å². The molecule has 0 aromatic heterocycles. The highest BCUT2D eigenvalue weighted by Gasteiger charge is 2.23. The van der Waals surface area contributed by atoms with E-state index in [2.05, 4.69) is 48.3 Å². The molecular weight excluding hydrogens is 388 g/mol. The van der Waals surface area contributed by atoms with E-state index in [4.69, 9.17) is 17.0 Å². The summed E-state index contributed by atoms with van der Waals surface area (Å²) in [5.74, 6) is 0.761. The molecule has 1 amide bonds. The highest BCUT2D eigenvalue weighted by Crippen LogP contribution is 2.35. The number of hydrogen-bond donors (Lipinski definition) is 1. The normalized spacial score (nSPS) is 17.9. The van der Waals surface area contributed by atoms with Crippen molar-refractivity contribution in [1.82, 2.24) is 5.32 Å². The van der Waals surface area contributed by atoms with Gasteiger partial charge in [-0.05, 0) is 49.6 Å². The monoisotopic (exact) mass is 410 g/mol. The predicted octanol–water partition coefficient (Wildman–Crippen LogP) is 4.58. The summed E-state index contributed by atoms with van der Waals surface area (Å²) in [7, 11) is 0. The third-order valence-corrected chi connectivity index (χ3v) is 5.91. The number of fused-ring (bicyclic) bond motifs is 1. The third kappa shape index (κ3) is 4.23. The summed E-state index contributed by atoms with van der Waals surface area (Å²) in [4.78, 5) is 15.0. The zero-order valence-electron chi connectivity index (χ0n) is 16.0. The van der Waals surface area contributed by atoms with Crippen LogP contribution in [0.15, 0.2) is 41.3 Å². The topological polar surface area (TPSA) is 41.6 Å². The number of hydrogen-bond acceptors (Lipinski definition) is 5. The molecule has 2 aliphatic rings. The maximum Gasteiger partial charge on any atom is 0.263 e. The largest absolute Gasteiger partial charge is 0.491 e. The van der Waals surface area contributed by atoms with E-state index in [9.17, 15) is 4.79 Å². The van der Waals surface area contributed by atoms with Gasteiger partial charge in [-0.2, -0.15) is 0 Å². The average Bonchev–Trinajstić information content (AvgIpc) is 2.83. The Balaban J connectivity index is 1.67. The van der Waals surface area contributed by atoms with Gasteiger partial charge in [0.25, 0.3) is 5.91 Å². The number of benzene rings is 2. The van der Waals surface area contributed by atoms with Crippen LogP contribution in [0, 0.1) is 13.8 Å². The number of thiocarbonyl (C=S) groups is 1. The molecule has 1 fully saturated rings. The van der Waals surface area contributed by atoms with Crippen molar-refractivity contribution >= 4 is 46.0 Å². The summed E-state index contributed by atoms with van der Waals surface area (Å²) in [6, 6.07) is 12.8. The zero-order chi connectivity index (χ0) is 19.7. The summed E-state index contributed by atoms with van der Waals surface area (Å²) in [6.07, 6.45) is 2.86. The van der Waals surface area contributed by atoms with Gasteiger partial charge in [0, 0.05) is 13.1 Å². The predicted molar refractivity (Wildman–Crippen MR) is 120 cm³/mol. The molecule has 0 unspecified atom stereocenters. The van der Waals surface area contributed by atoms with Crippen molar-refractivity contribution in [2.75, 3.05) is 18.1 Å². The van der Waals surface area contributed by atoms with Crippen molar-refractivity contribution in [3.8, 4) is 5.75 Å². The number of ether oxygens (including phenoxy) is 1. The highest BCUT2D eigenvalue weighted by molar-refractivity contribution is 8.26. The van der Waals surface area contributed by atoms with Crippen LogP contribution < -0.4 is 15.0 Å². The van der Waals surface area contributed by atoms with Crippen molar-refractivity contribution in [2.45, 2.75) is 26.8 Å². The maximum absolute atomic E-state index is 12.0. The van der Waals surface area contributed by atoms with Crippen LogP contribution in [0.4, 0.5) is 5.69 Å². The van der Waals surface area contributed by atoms with Crippen molar-refractivity contribution < 1.29 is 9.53 Å². The number of rotatable bonds is 3. The van der Waals surface area contributed by atoms with Gasteiger partial charge in [-0.1, -0.05) is 59.4 Å². The van der Waals surface area contributed by atoms with Crippen LogP contribution in [0.1, 0.15) is 28.7 Å². The van der Waals surface area contributed by atoms with Gasteiger partial charge in [0.1, 0.15) is 10.1 Å². The number of nitrogens with one attached hydrogen (secondary N) is 1. The minimum Gasteiger partial charge on any atom is -0.491 e. The van der Waals surface area contributed by atoms with E-state index >= 15 is 0 Å². The molecule has 2 aromatic rings. The molecule has 6 heteroatoms. The average molecular weight is 411 g/mol. The molecule has 144 valence electrons. The molecule has 0 aliphatic carbocycles. The quantitative estimate of drug-likeness (QED) is 0.592. The Morgan fingerprint density at radius 2 is 2.00 bits per heavy atom. The van der Waals surface area contributed by atoms with Gasteiger partial charge in [0.05, 0.1) is 17.2 Å². The lowest BCUT2D eigenvalue weighted by atomic mass is 10.1. The minimum absolute atomic E-state index is 0.131. The van der Waals surface area contributed by atoms with Crippen LogP contribution in [0.25, 0.3) is 6.08 Å². The van der Waals surface area contributed by atoms with Gasteiger partial charge < -0.3 is 15.0 Å². The second-order valence-electron chi connectivity index (χ2n) is 7.20. The van der Waals surface area contributed by atoms with Crippen molar-refractivity contribution in [3.05, 3.63) is 63.6 Å². The fourth-order valence-corrected chi connectivity index (χ4v) is 4.71. The fourth-order valence-electron chi connectivity index (χ4n) is 3.67. The number of amides is 1. The minimum atomic E-state index is -0.131. The van der Waals surface area contributed by atoms with Gasteiger partial charge in [0.15, 0.2) is 0 Å². The standard InChI is InChI=1S/C22H22N2O2S2/c1-14-8-15(2)10-17(9-14)13-24-6-3-7-26-19-5-4-16(11-18(19)24)12-20-21(25)23-22(27)28-20/h4-5,8-12H,3,6-7,13H2,1-2H3,(H,23,25,27)/b20-12-.